The van der Waals surface area contributed by atoms with Gasteiger partial charge in [0.25, 0.3) is 0 Å². The van der Waals surface area contributed by atoms with E-state index in [1.54, 1.807) is 41.8 Å². The Morgan fingerprint density at radius 1 is 0.633 bits per heavy atom. The third kappa shape index (κ3) is 4.62. The molecule has 3 fully saturated rings. The van der Waals surface area contributed by atoms with E-state index in [1.165, 1.54) is 0 Å². The van der Waals surface area contributed by atoms with Gasteiger partial charge in [0.2, 0.25) is 23.6 Å². The first kappa shape index (κ1) is 24.2. The third-order valence-electron chi connectivity index (χ3n) is 7.27. The zero-order valence-corrected chi connectivity index (χ0v) is 19.3. The van der Waals surface area contributed by atoms with E-state index in [2.05, 4.69) is 21.3 Å². The summed E-state index contributed by atoms with van der Waals surface area (Å²) in [6, 6.07) is 0. The van der Waals surface area contributed by atoms with Gasteiger partial charge in [-0.2, -0.15) is 0 Å². The maximum atomic E-state index is 13.0. The first-order valence-electron chi connectivity index (χ1n) is 10.9. The van der Waals surface area contributed by atoms with Crippen LogP contribution in [0.1, 0.15) is 66.2 Å². The number of nitrogens with one attached hydrogen (secondary N) is 4. The molecule has 0 spiro atoms. The van der Waals surface area contributed by atoms with Crippen molar-refractivity contribution in [3.05, 3.63) is 0 Å². The maximum absolute atomic E-state index is 13.0. The smallest absolute Gasteiger partial charge is 0.227 e. The summed E-state index contributed by atoms with van der Waals surface area (Å²) in [7, 11) is 3.18. The van der Waals surface area contributed by atoms with E-state index in [1.807, 2.05) is 0 Å². The van der Waals surface area contributed by atoms with Gasteiger partial charge >= 0.3 is 0 Å². The molecule has 0 aliphatic heterocycles. The van der Waals surface area contributed by atoms with Crippen molar-refractivity contribution in [1.29, 1.82) is 0 Å². The molecule has 3 aliphatic carbocycles. The van der Waals surface area contributed by atoms with Crippen LogP contribution in [0.25, 0.3) is 0 Å². The van der Waals surface area contributed by atoms with Crippen molar-refractivity contribution >= 4 is 23.6 Å². The molecular weight excluding hydrogens is 384 g/mol. The van der Waals surface area contributed by atoms with Crippen molar-refractivity contribution in [3.63, 3.8) is 0 Å². The molecule has 3 rings (SSSR count). The molecule has 4 amide bonds. The second kappa shape index (κ2) is 8.55. The van der Waals surface area contributed by atoms with Crippen LogP contribution in [-0.4, -0.2) is 50.8 Å². The molecular formula is C22H38N4O4. The maximum Gasteiger partial charge on any atom is 0.227 e. The number of hydrogen-bond donors (Lipinski definition) is 4. The molecule has 0 atom stereocenters. The van der Waals surface area contributed by atoms with Gasteiger partial charge in [0.1, 0.15) is 0 Å². The van der Waals surface area contributed by atoms with Crippen molar-refractivity contribution in [1.82, 2.24) is 21.3 Å². The van der Waals surface area contributed by atoms with Gasteiger partial charge < -0.3 is 21.3 Å². The molecule has 0 saturated heterocycles. The van der Waals surface area contributed by atoms with Crippen molar-refractivity contribution in [3.8, 4) is 0 Å². The standard InChI is InChI=1S/C22H38N4O4/c1-19(2,15(27)23-5)13-25-17(29)21-7-10-22(11-8-21,12-9-21)18(30)26-14-20(3,4)16(28)24-6/h7-14H2,1-6H3,(H,23,27)(H,24,28)(H,25,29)(H,26,30). The normalized spacial score (nSPS) is 25.9. The summed E-state index contributed by atoms with van der Waals surface area (Å²) >= 11 is 0. The Kier molecular flexibility index (Phi) is 6.89. The van der Waals surface area contributed by atoms with E-state index in [9.17, 15) is 19.2 Å². The molecule has 4 N–H and O–H groups in total. The number of amides is 4. The topological polar surface area (TPSA) is 116 Å². The van der Waals surface area contributed by atoms with Gasteiger partial charge in [-0.05, 0) is 66.2 Å². The monoisotopic (exact) mass is 422 g/mol. The van der Waals surface area contributed by atoms with Crippen LogP contribution < -0.4 is 21.3 Å². The van der Waals surface area contributed by atoms with E-state index < -0.39 is 21.7 Å². The van der Waals surface area contributed by atoms with Crippen LogP contribution in [0.2, 0.25) is 0 Å². The quantitative estimate of drug-likeness (QED) is 0.469. The SMILES string of the molecule is CNC(=O)C(C)(C)CNC(=O)C12CCC(C(=O)NCC(C)(C)C(=O)NC)(CC1)CC2. The summed E-state index contributed by atoms with van der Waals surface area (Å²) in [4.78, 5) is 49.9. The van der Waals surface area contributed by atoms with Gasteiger partial charge in [0.05, 0.1) is 10.8 Å². The Labute approximate surface area is 179 Å². The van der Waals surface area contributed by atoms with Gasteiger partial charge in [0, 0.05) is 38.0 Å². The second-order valence-corrected chi connectivity index (χ2v) is 10.4. The van der Waals surface area contributed by atoms with Crippen molar-refractivity contribution < 1.29 is 19.2 Å². The van der Waals surface area contributed by atoms with Crippen LogP contribution in [0.4, 0.5) is 0 Å². The van der Waals surface area contributed by atoms with Gasteiger partial charge in [-0.3, -0.25) is 19.2 Å². The zero-order chi connectivity index (χ0) is 22.8. The van der Waals surface area contributed by atoms with Crippen molar-refractivity contribution in [2.75, 3.05) is 27.2 Å². The van der Waals surface area contributed by atoms with Crippen LogP contribution in [0.15, 0.2) is 0 Å². The Balaban J connectivity index is 1.94. The van der Waals surface area contributed by atoms with Crippen molar-refractivity contribution in [2.45, 2.75) is 66.2 Å². The van der Waals surface area contributed by atoms with Gasteiger partial charge in [0.15, 0.2) is 0 Å². The molecule has 8 heteroatoms. The minimum atomic E-state index is -0.675. The highest BCUT2D eigenvalue weighted by Crippen LogP contribution is 2.57. The Morgan fingerprint density at radius 3 is 1.13 bits per heavy atom. The Hall–Kier alpha value is -2.12. The van der Waals surface area contributed by atoms with Gasteiger partial charge in [-0.1, -0.05) is 0 Å². The largest absolute Gasteiger partial charge is 0.359 e. The van der Waals surface area contributed by atoms with Crippen LogP contribution in [-0.2, 0) is 19.2 Å². The minimum absolute atomic E-state index is 0.00561. The molecule has 170 valence electrons. The predicted molar refractivity (Wildman–Crippen MR) is 114 cm³/mol. The lowest BCUT2D eigenvalue weighted by Gasteiger charge is -2.51. The fraction of sp³-hybridized carbons (Fsp3) is 0.818. The molecule has 0 aromatic rings. The van der Waals surface area contributed by atoms with E-state index in [4.69, 9.17) is 0 Å². The van der Waals surface area contributed by atoms with Crippen LogP contribution in [0.3, 0.4) is 0 Å². The van der Waals surface area contributed by atoms with Crippen LogP contribution >= 0.6 is 0 Å². The summed E-state index contributed by atoms with van der Waals surface area (Å²) in [5.41, 5.74) is -2.23. The molecule has 30 heavy (non-hydrogen) atoms. The first-order chi connectivity index (χ1) is 13.8. The predicted octanol–water partition coefficient (Wildman–Crippen LogP) is 1.10. The molecule has 0 aromatic carbocycles. The Morgan fingerprint density at radius 2 is 0.900 bits per heavy atom. The molecule has 2 bridgehead atoms. The minimum Gasteiger partial charge on any atom is -0.359 e. The highest BCUT2D eigenvalue weighted by molar-refractivity contribution is 5.88. The number of rotatable bonds is 8. The molecule has 3 aliphatic rings. The van der Waals surface area contributed by atoms with Gasteiger partial charge in [-0.25, -0.2) is 0 Å². The lowest BCUT2D eigenvalue weighted by Crippen LogP contribution is -2.57. The second-order valence-electron chi connectivity index (χ2n) is 10.4. The summed E-state index contributed by atoms with van der Waals surface area (Å²) < 4.78 is 0. The van der Waals surface area contributed by atoms with Crippen molar-refractivity contribution in [2.24, 2.45) is 21.7 Å². The molecule has 8 nitrogen and oxygen atoms in total. The average molecular weight is 423 g/mol. The highest BCUT2D eigenvalue weighted by Gasteiger charge is 2.55. The molecule has 0 radical (unpaired) electrons. The zero-order valence-electron chi connectivity index (χ0n) is 19.3. The molecule has 3 saturated carbocycles. The third-order valence-corrected chi connectivity index (χ3v) is 7.27. The van der Waals surface area contributed by atoms with E-state index >= 15 is 0 Å². The lowest BCUT2D eigenvalue weighted by molar-refractivity contribution is -0.151. The number of carbonyl (C=O) groups excluding carboxylic acids is 4. The fourth-order valence-corrected chi connectivity index (χ4v) is 4.68. The summed E-state index contributed by atoms with van der Waals surface area (Å²) in [5, 5.41) is 11.2. The van der Waals surface area contributed by atoms with Crippen LogP contribution in [0.5, 0.6) is 0 Å². The number of carbonyl (C=O) groups is 4. The molecule has 0 aromatic heterocycles. The van der Waals surface area contributed by atoms with Gasteiger partial charge in [-0.15, -0.1) is 0 Å². The average Bonchev–Trinajstić information content (AvgIpc) is 2.75. The first-order valence-corrected chi connectivity index (χ1v) is 10.9. The van der Waals surface area contributed by atoms with E-state index in [-0.39, 0.29) is 36.7 Å². The van der Waals surface area contributed by atoms with Crippen LogP contribution in [0, 0.1) is 21.7 Å². The number of fused-ring (bicyclic) bond motifs is 3. The highest BCUT2D eigenvalue weighted by atomic mass is 16.2. The summed E-state index contributed by atoms with van der Waals surface area (Å²) in [6.07, 6.45) is 4.03. The fourth-order valence-electron chi connectivity index (χ4n) is 4.68. The summed E-state index contributed by atoms with van der Waals surface area (Å²) in [5.74, 6) is -0.228. The molecule has 0 unspecified atom stereocenters. The lowest BCUT2D eigenvalue weighted by atomic mass is 9.53. The summed E-state index contributed by atoms with van der Waals surface area (Å²) in [6.45, 7) is 7.80. The number of hydrogen-bond acceptors (Lipinski definition) is 4. The van der Waals surface area contributed by atoms with E-state index in [0.717, 1.165) is 0 Å². The Bertz CT molecular complexity index is 629. The van der Waals surface area contributed by atoms with E-state index in [0.29, 0.717) is 38.5 Å². The molecule has 0 heterocycles.